The van der Waals surface area contributed by atoms with Gasteiger partial charge in [0.05, 0.1) is 10.6 Å². The minimum atomic E-state index is -0.305. The molecule has 33 heavy (non-hydrogen) atoms. The van der Waals surface area contributed by atoms with Gasteiger partial charge in [-0.3, -0.25) is 4.79 Å². The van der Waals surface area contributed by atoms with Crippen molar-refractivity contribution < 1.29 is 9.18 Å². The Hall–Kier alpha value is -2.60. The number of fused-ring (bicyclic) bond motifs is 1. The molecule has 1 saturated heterocycles. The van der Waals surface area contributed by atoms with Crippen LogP contribution in [0.4, 0.5) is 15.8 Å². The summed E-state index contributed by atoms with van der Waals surface area (Å²) >= 11 is 1.25. The minimum absolute atomic E-state index is 0.0185. The van der Waals surface area contributed by atoms with Crippen LogP contribution in [-0.2, 0) is 4.79 Å². The monoisotopic (exact) mass is 465 g/mol. The average Bonchev–Trinajstić information content (AvgIpc) is 3.08. The molecule has 2 heterocycles. The Morgan fingerprint density at radius 2 is 2.06 bits per heavy atom. The highest BCUT2D eigenvalue weighted by Gasteiger charge is 2.36. The van der Waals surface area contributed by atoms with Crippen LogP contribution in [-0.4, -0.2) is 23.2 Å². The summed E-state index contributed by atoms with van der Waals surface area (Å²) in [5.41, 5.74) is 5.59. The third kappa shape index (κ3) is 4.58. The smallest absolute Gasteiger partial charge is 0.264 e. The van der Waals surface area contributed by atoms with Gasteiger partial charge >= 0.3 is 0 Å². The molecule has 6 heteroatoms. The topological polar surface area (TPSA) is 44.7 Å². The standard InChI is InChI=1S/C27H32FN3OS/c1-7-11-31-23-14-21(28)19(12-20(23)17(3)15-27(31,5)6)13-24-25(32)30-26(33-24)29-22-10-8-9-16(2)18(22)4/h8-10,12-14,17H,7,11,15H2,1-6H3,(H,29,30,32)/b24-13+. The van der Waals surface area contributed by atoms with Gasteiger partial charge in [-0.2, -0.15) is 0 Å². The molecule has 2 aromatic carbocycles. The number of thioether (sulfide) groups is 1. The molecule has 0 aromatic heterocycles. The number of aliphatic imine (C=N–C) groups is 1. The van der Waals surface area contributed by atoms with Gasteiger partial charge in [-0.15, -0.1) is 0 Å². The number of halogens is 1. The lowest BCUT2D eigenvalue weighted by Crippen LogP contribution is -2.48. The van der Waals surface area contributed by atoms with Gasteiger partial charge in [-0.25, -0.2) is 9.38 Å². The molecule has 0 aliphatic carbocycles. The maximum atomic E-state index is 15.2. The Morgan fingerprint density at radius 1 is 1.30 bits per heavy atom. The van der Waals surface area contributed by atoms with Gasteiger partial charge in [0.1, 0.15) is 5.82 Å². The van der Waals surface area contributed by atoms with Crippen molar-refractivity contribution in [2.45, 2.75) is 65.8 Å². The van der Waals surface area contributed by atoms with E-state index in [1.54, 1.807) is 12.1 Å². The number of nitrogens with zero attached hydrogens (tertiary/aromatic N) is 2. The molecule has 2 aromatic rings. The first-order valence-electron chi connectivity index (χ1n) is 11.6. The maximum Gasteiger partial charge on any atom is 0.264 e. The Morgan fingerprint density at radius 3 is 2.79 bits per heavy atom. The molecule has 0 saturated carbocycles. The molecular weight excluding hydrogens is 433 g/mol. The van der Waals surface area contributed by atoms with Crippen LogP contribution >= 0.6 is 11.8 Å². The number of amides is 1. The van der Waals surface area contributed by atoms with Crippen LogP contribution in [0.3, 0.4) is 0 Å². The zero-order valence-corrected chi connectivity index (χ0v) is 21.1. The van der Waals surface area contributed by atoms with Crippen LogP contribution in [0.25, 0.3) is 6.08 Å². The van der Waals surface area contributed by atoms with Gasteiger partial charge in [-0.1, -0.05) is 26.0 Å². The summed E-state index contributed by atoms with van der Waals surface area (Å²) in [5, 5.41) is 3.34. The van der Waals surface area contributed by atoms with Crippen molar-refractivity contribution in [3.05, 3.63) is 63.3 Å². The highest BCUT2D eigenvalue weighted by Crippen LogP contribution is 2.44. The first-order valence-corrected chi connectivity index (χ1v) is 12.4. The molecule has 1 amide bonds. The zero-order valence-electron chi connectivity index (χ0n) is 20.3. The van der Waals surface area contributed by atoms with Crippen molar-refractivity contribution in [2.24, 2.45) is 4.99 Å². The predicted octanol–water partition coefficient (Wildman–Crippen LogP) is 6.84. The van der Waals surface area contributed by atoms with Gasteiger partial charge < -0.3 is 10.2 Å². The fraction of sp³-hybridized carbons (Fsp3) is 0.407. The number of anilines is 1. The number of rotatable bonds is 4. The van der Waals surface area contributed by atoms with Gasteiger partial charge in [0.2, 0.25) is 0 Å². The predicted molar refractivity (Wildman–Crippen MR) is 138 cm³/mol. The summed E-state index contributed by atoms with van der Waals surface area (Å²) < 4.78 is 15.2. The van der Waals surface area contributed by atoms with E-state index in [1.165, 1.54) is 11.8 Å². The molecule has 174 valence electrons. The molecular formula is C27H32FN3OS. The Labute approximate surface area is 200 Å². The molecule has 1 fully saturated rings. The van der Waals surface area contributed by atoms with E-state index in [-0.39, 0.29) is 17.3 Å². The molecule has 1 atom stereocenters. The third-order valence-electron chi connectivity index (χ3n) is 6.69. The molecule has 4 nitrogen and oxygen atoms in total. The van der Waals surface area contributed by atoms with E-state index in [9.17, 15) is 4.79 Å². The number of nitrogens with one attached hydrogen (secondary N) is 1. The highest BCUT2D eigenvalue weighted by atomic mass is 32.2. The molecule has 2 aliphatic heterocycles. The van der Waals surface area contributed by atoms with Gasteiger partial charge in [-0.05, 0) is 99.2 Å². The first-order chi connectivity index (χ1) is 15.6. The molecule has 4 rings (SSSR count). The summed E-state index contributed by atoms with van der Waals surface area (Å²) in [6.07, 6.45) is 3.66. The molecule has 1 N–H and O–H groups in total. The van der Waals surface area contributed by atoms with Crippen LogP contribution in [0.2, 0.25) is 0 Å². The fourth-order valence-electron chi connectivity index (χ4n) is 4.87. The van der Waals surface area contributed by atoms with E-state index in [0.717, 1.165) is 47.5 Å². The summed E-state index contributed by atoms with van der Waals surface area (Å²) in [6.45, 7) is 13.7. The van der Waals surface area contributed by atoms with Crippen molar-refractivity contribution in [2.75, 3.05) is 11.4 Å². The SMILES string of the molecule is CCCN1c2cc(F)c(/C=C3/SC(=Nc4cccc(C)c4C)NC3=O)cc2C(C)CC1(C)C. The van der Waals surface area contributed by atoms with Crippen LogP contribution in [0.5, 0.6) is 0 Å². The second-order valence-electron chi connectivity index (χ2n) is 9.70. The lowest BCUT2D eigenvalue weighted by Gasteiger charge is -2.47. The van der Waals surface area contributed by atoms with Crippen molar-refractivity contribution in [3.8, 4) is 0 Å². The third-order valence-corrected chi connectivity index (χ3v) is 7.60. The molecule has 1 unspecified atom stereocenters. The van der Waals surface area contributed by atoms with Crippen LogP contribution < -0.4 is 10.2 Å². The van der Waals surface area contributed by atoms with E-state index in [2.05, 4.69) is 42.9 Å². The number of hydrogen-bond donors (Lipinski definition) is 1. The highest BCUT2D eigenvalue weighted by molar-refractivity contribution is 8.18. The summed E-state index contributed by atoms with van der Waals surface area (Å²) in [7, 11) is 0. The van der Waals surface area contributed by atoms with Gasteiger partial charge in [0, 0.05) is 23.3 Å². The number of benzene rings is 2. The van der Waals surface area contributed by atoms with E-state index >= 15 is 4.39 Å². The fourth-order valence-corrected chi connectivity index (χ4v) is 5.69. The van der Waals surface area contributed by atoms with E-state index < -0.39 is 0 Å². The van der Waals surface area contributed by atoms with E-state index in [0.29, 0.717) is 21.6 Å². The molecule has 2 aliphatic rings. The van der Waals surface area contributed by atoms with E-state index in [4.69, 9.17) is 0 Å². The largest absolute Gasteiger partial charge is 0.366 e. The van der Waals surface area contributed by atoms with Crippen molar-refractivity contribution in [1.82, 2.24) is 5.32 Å². The Kier molecular flexibility index (Phi) is 6.41. The average molecular weight is 466 g/mol. The first kappa shape index (κ1) is 23.6. The molecule has 0 bridgehead atoms. The lowest BCUT2D eigenvalue weighted by atomic mass is 9.79. The maximum absolute atomic E-state index is 15.2. The van der Waals surface area contributed by atoms with Crippen molar-refractivity contribution in [1.29, 1.82) is 0 Å². The lowest BCUT2D eigenvalue weighted by molar-refractivity contribution is -0.115. The summed E-state index contributed by atoms with van der Waals surface area (Å²) in [4.78, 5) is 20.0. The van der Waals surface area contributed by atoms with Crippen molar-refractivity contribution >= 4 is 40.3 Å². The normalized spacial score (nSPS) is 22.1. The number of amidine groups is 1. The molecule has 0 spiro atoms. The van der Waals surface area contributed by atoms with Gasteiger partial charge in [0.15, 0.2) is 5.17 Å². The Bertz CT molecular complexity index is 1170. The van der Waals surface area contributed by atoms with Crippen LogP contribution in [0.1, 0.15) is 68.7 Å². The second kappa shape index (κ2) is 8.98. The van der Waals surface area contributed by atoms with E-state index in [1.807, 2.05) is 38.1 Å². The number of hydrogen-bond acceptors (Lipinski definition) is 4. The second-order valence-corrected chi connectivity index (χ2v) is 10.7. The molecule has 0 radical (unpaired) electrons. The number of carbonyl (C=O) groups excluding carboxylic acids is 1. The summed E-state index contributed by atoms with van der Waals surface area (Å²) in [5.74, 6) is -0.240. The quantitative estimate of drug-likeness (QED) is 0.503. The van der Waals surface area contributed by atoms with Crippen LogP contribution in [0, 0.1) is 19.7 Å². The van der Waals surface area contributed by atoms with Crippen LogP contribution in [0.15, 0.2) is 40.2 Å². The van der Waals surface area contributed by atoms with Crippen molar-refractivity contribution in [3.63, 3.8) is 0 Å². The van der Waals surface area contributed by atoms with Gasteiger partial charge in [0.25, 0.3) is 5.91 Å². The number of carbonyl (C=O) groups is 1. The number of aryl methyl sites for hydroxylation is 1. The zero-order chi connectivity index (χ0) is 23.9. The Balaban J connectivity index is 1.67. The summed E-state index contributed by atoms with van der Waals surface area (Å²) in [6, 6.07) is 9.49. The minimum Gasteiger partial charge on any atom is -0.366 e.